The molecule has 2 aromatic heterocycles. The van der Waals surface area contributed by atoms with Gasteiger partial charge in [-0.15, -0.1) is 0 Å². The van der Waals surface area contributed by atoms with Crippen molar-refractivity contribution in [3.8, 4) is 16.8 Å². The van der Waals surface area contributed by atoms with Crippen LogP contribution in [0.15, 0.2) is 48.8 Å². The first-order valence-electron chi connectivity index (χ1n) is 9.64. The van der Waals surface area contributed by atoms with Gasteiger partial charge in [-0.1, -0.05) is 25.1 Å². The zero-order chi connectivity index (χ0) is 19.5. The number of carbonyl (C=O) groups is 2. The molecule has 3 aromatic rings. The van der Waals surface area contributed by atoms with E-state index in [0.29, 0.717) is 11.3 Å². The zero-order valence-corrected chi connectivity index (χ0v) is 16.0. The summed E-state index contributed by atoms with van der Waals surface area (Å²) in [5.41, 5.74) is 6.14. The normalized spacial score (nSPS) is 16.5. The van der Waals surface area contributed by atoms with Crippen LogP contribution >= 0.6 is 0 Å². The van der Waals surface area contributed by atoms with Crippen molar-refractivity contribution in [2.75, 3.05) is 7.05 Å². The van der Waals surface area contributed by atoms with Gasteiger partial charge in [0.25, 0.3) is 5.91 Å². The molecule has 1 saturated carbocycles. The molecule has 0 atom stereocenters. The summed E-state index contributed by atoms with van der Waals surface area (Å²) in [6.45, 7) is 2.10. The Hall–Kier alpha value is -3.21. The first-order chi connectivity index (χ1) is 13.6. The number of pyridine rings is 1. The molecule has 1 aliphatic carbocycles. The van der Waals surface area contributed by atoms with Crippen molar-refractivity contribution in [3.63, 3.8) is 0 Å². The van der Waals surface area contributed by atoms with Crippen molar-refractivity contribution in [1.29, 1.82) is 0 Å². The van der Waals surface area contributed by atoms with E-state index in [2.05, 4.69) is 36.2 Å². The number of rotatable bonds is 3. The van der Waals surface area contributed by atoms with Crippen LogP contribution in [0.3, 0.4) is 0 Å². The van der Waals surface area contributed by atoms with Crippen LogP contribution in [0.1, 0.15) is 51.9 Å². The van der Waals surface area contributed by atoms with Gasteiger partial charge in [0.15, 0.2) is 6.29 Å². The fourth-order valence-corrected chi connectivity index (χ4v) is 4.46. The molecule has 1 aromatic carbocycles. The molecule has 0 N–H and O–H groups in total. The summed E-state index contributed by atoms with van der Waals surface area (Å²) in [6.07, 6.45) is 7.14. The minimum absolute atomic E-state index is 0.0426. The quantitative estimate of drug-likeness (QED) is 0.654. The number of amides is 1. The lowest BCUT2D eigenvalue weighted by molar-refractivity contribution is 0.0705. The highest BCUT2D eigenvalue weighted by atomic mass is 16.2. The number of hydrogen-bond acceptors (Lipinski definition) is 3. The Morgan fingerprint density at radius 1 is 1.21 bits per heavy atom. The first kappa shape index (κ1) is 16.9. The van der Waals surface area contributed by atoms with Crippen LogP contribution in [-0.4, -0.2) is 33.7 Å². The third-order valence-corrected chi connectivity index (χ3v) is 6.16. The molecule has 1 fully saturated rings. The Balaban J connectivity index is 1.79. The van der Waals surface area contributed by atoms with E-state index in [1.807, 2.05) is 28.8 Å². The fourth-order valence-electron chi connectivity index (χ4n) is 4.46. The average Bonchev–Trinajstić information content (AvgIpc) is 3.44. The topological polar surface area (TPSA) is 55.2 Å². The number of benzene rings is 1. The Labute approximate surface area is 163 Å². The summed E-state index contributed by atoms with van der Waals surface area (Å²) in [5, 5.41) is 0. The summed E-state index contributed by atoms with van der Waals surface area (Å²) in [7, 11) is 1.87. The largest absolute Gasteiger partial charge is 0.331 e. The van der Waals surface area contributed by atoms with Gasteiger partial charge < -0.3 is 9.47 Å². The summed E-state index contributed by atoms with van der Waals surface area (Å²) in [4.78, 5) is 30.9. The maximum Gasteiger partial charge on any atom is 0.271 e. The van der Waals surface area contributed by atoms with Crippen molar-refractivity contribution in [2.24, 2.45) is 0 Å². The predicted octanol–water partition coefficient (Wildman–Crippen LogP) is 3.99. The lowest BCUT2D eigenvalue weighted by Crippen LogP contribution is -2.36. The van der Waals surface area contributed by atoms with E-state index in [0.717, 1.165) is 53.6 Å². The standard InChI is InChI=1S/C23H21N3O2/c1-3-19-17(5-4-10-24-19)16-6-7-18-20(12-16)26-13-15(14-27)11-21(26)22(28)25(2)23(18)8-9-23/h4-7,10-14H,3,8-9H2,1-2H3. The summed E-state index contributed by atoms with van der Waals surface area (Å²) >= 11 is 0. The second kappa shape index (κ2) is 5.89. The van der Waals surface area contributed by atoms with Crippen LogP contribution in [0.4, 0.5) is 0 Å². The highest BCUT2D eigenvalue weighted by Gasteiger charge is 2.53. The van der Waals surface area contributed by atoms with E-state index in [1.54, 1.807) is 12.3 Å². The molecule has 5 heteroatoms. The van der Waals surface area contributed by atoms with E-state index < -0.39 is 0 Å². The van der Waals surface area contributed by atoms with E-state index in [1.165, 1.54) is 0 Å². The van der Waals surface area contributed by atoms with E-state index in [9.17, 15) is 9.59 Å². The molecule has 28 heavy (non-hydrogen) atoms. The number of aldehydes is 1. The van der Waals surface area contributed by atoms with Gasteiger partial charge in [0, 0.05) is 41.8 Å². The molecule has 1 spiro atoms. The zero-order valence-electron chi connectivity index (χ0n) is 16.0. The Bertz CT molecular complexity index is 1120. The first-order valence-corrected chi connectivity index (χ1v) is 9.64. The molecule has 5 rings (SSSR count). The molecule has 0 saturated heterocycles. The SMILES string of the molecule is CCc1ncccc1-c1ccc2c(c1)-n1cc(C=O)cc1C(=O)N(C)C21CC1. The maximum atomic E-state index is 13.1. The molecule has 5 nitrogen and oxygen atoms in total. The van der Waals surface area contributed by atoms with Crippen molar-refractivity contribution in [2.45, 2.75) is 31.7 Å². The maximum absolute atomic E-state index is 13.1. The van der Waals surface area contributed by atoms with Crippen molar-refractivity contribution >= 4 is 12.2 Å². The van der Waals surface area contributed by atoms with Gasteiger partial charge in [0.1, 0.15) is 5.69 Å². The smallest absolute Gasteiger partial charge is 0.271 e. The molecular weight excluding hydrogens is 350 g/mol. The molecule has 140 valence electrons. The van der Waals surface area contributed by atoms with E-state index in [-0.39, 0.29) is 11.4 Å². The molecule has 0 bridgehead atoms. The molecule has 0 radical (unpaired) electrons. The Morgan fingerprint density at radius 3 is 2.75 bits per heavy atom. The molecule has 0 unspecified atom stereocenters. The van der Waals surface area contributed by atoms with Crippen LogP contribution in [0.25, 0.3) is 16.8 Å². The Morgan fingerprint density at radius 2 is 2.04 bits per heavy atom. The monoisotopic (exact) mass is 371 g/mol. The van der Waals surface area contributed by atoms with Crippen LogP contribution in [0, 0.1) is 0 Å². The molecule has 3 heterocycles. The highest BCUT2D eigenvalue weighted by Crippen LogP contribution is 2.54. The summed E-state index contributed by atoms with van der Waals surface area (Å²) in [6, 6.07) is 12.1. The molecular formula is C23H21N3O2. The number of fused-ring (bicyclic) bond motifs is 4. The van der Waals surface area contributed by atoms with E-state index in [4.69, 9.17) is 0 Å². The third kappa shape index (κ3) is 2.22. The lowest BCUT2D eigenvalue weighted by Gasteiger charge is -2.27. The van der Waals surface area contributed by atoms with Gasteiger partial charge in [-0.2, -0.15) is 0 Å². The van der Waals surface area contributed by atoms with Gasteiger partial charge in [0.05, 0.1) is 11.2 Å². The lowest BCUT2D eigenvalue weighted by atomic mass is 9.95. The van der Waals surface area contributed by atoms with Gasteiger partial charge in [-0.05, 0) is 43.0 Å². The number of aryl methyl sites for hydroxylation is 1. The van der Waals surface area contributed by atoms with Crippen LogP contribution in [-0.2, 0) is 12.0 Å². The van der Waals surface area contributed by atoms with Crippen molar-refractivity contribution < 1.29 is 9.59 Å². The van der Waals surface area contributed by atoms with Crippen molar-refractivity contribution in [1.82, 2.24) is 14.5 Å². The number of hydrogen-bond donors (Lipinski definition) is 0. The Kier molecular flexibility index (Phi) is 3.56. The number of nitrogens with zero attached hydrogens (tertiary/aromatic N) is 3. The van der Waals surface area contributed by atoms with Crippen molar-refractivity contribution in [3.05, 3.63) is 71.3 Å². The van der Waals surface area contributed by atoms with Gasteiger partial charge >= 0.3 is 0 Å². The van der Waals surface area contributed by atoms with Gasteiger partial charge in [-0.3, -0.25) is 14.6 Å². The minimum Gasteiger partial charge on any atom is -0.331 e. The van der Waals surface area contributed by atoms with Gasteiger partial charge in [0.2, 0.25) is 0 Å². The van der Waals surface area contributed by atoms with E-state index >= 15 is 0 Å². The third-order valence-electron chi connectivity index (χ3n) is 6.16. The second-order valence-electron chi connectivity index (χ2n) is 7.63. The molecule has 2 aliphatic rings. The second-order valence-corrected chi connectivity index (χ2v) is 7.63. The highest BCUT2D eigenvalue weighted by molar-refractivity contribution is 5.97. The van der Waals surface area contributed by atoms with Crippen LogP contribution < -0.4 is 0 Å². The predicted molar refractivity (Wildman–Crippen MR) is 107 cm³/mol. The number of aromatic nitrogens is 2. The molecule has 1 aliphatic heterocycles. The average molecular weight is 371 g/mol. The number of carbonyl (C=O) groups excluding carboxylic acids is 2. The van der Waals surface area contributed by atoms with Crippen LogP contribution in [0.2, 0.25) is 0 Å². The molecule has 1 amide bonds. The van der Waals surface area contributed by atoms with Crippen LogP contribution in [0.5, 0.6) is 0 Å². The fraction of sp³-hybridized carbons (Fsp3) is 0.261. The summed E-state index contributed by atoms with van der Waals surface area (Å²) < 4.78 is 1.89. The summed E-state index contributed by atoms with van der Waals surface area (Å²) in [5.74, 6) is -0.0426. The minimum atomic E-state index is -0.242. The van der Waals surface area contributed by atoms with Gasteiger partial charge in [-0.25, -0.2) is 0 Å².